The first kappa shape index (κ1) is 21.6. The summed E-state index contributed by atoms with van der Waals surface area (Å²) < 4.78 is 2.00. The monoisotopic (exact) mass is 404 g/mol. The first-order valence-corrected chi connectivity index (χ1v) is 10.2. The third-order valence-electron chi connectivity index (χ3n) is 4.85. The Labute approximate surface area is 179 Å². The Hall–Kier alpha value is -3.12. The standard InChI is InChI=1S/C24H32N6/c1-18-13-19(2)30(28-18)23-12-7-6-11-22(23)16-27-24(25-3)26-15-20-9-8-10-21(14-20)17-29(4)5/h6-14H,15-17H2,1-5H3,(H2,25,26,27). The van der Waals surface area contributed by atoms with Crippen molar-refractivity contribution in [2.24, 2.45) is 4.99 Å². The van der Waals surface area contributed by atoms with Gasteiger partial charge < -0.3 is 15.5 Å². The summed E-state index contributed by atoms with van der Waals surface area (Å²) in [6, 6.07) is 19.1. The van der Waals surface area contributed by atoms with Crippen LogP contribution in [0.5, 0.6) is 0 Å². The molecule has 2 N–H and O–H groups in total. The van der Waals surface area contributed by atoms with Gasteiger partial charge in [0.2, 0.25) is 0 Å². The van der Waals surface area contributed by atoms with Gasteiger partial charge in [-0.15, -0.1) is 0 Å². The summed E-state index contributed by atoms with van der Waals surface area (Å²) in [4.78, 5) is 6.55. The van der Waals surface area contributed by atoms with Crippen LogP contribution < -0.4 is 10.6 Å². The van der Waals surface area contributed by atoms with E-state index in [4.69, 9.17) is 0 Å². The fraction of sp³-hybridized carbons (Fsp3) is 0.333. The summed E-state index contributed by atoms with van der Waals surface area (Å²) in [5.74, 6) is 0.774. The predicted octanol–water partition coefficient (Wildman–Crippen LogP) is 3.42. The van der Waals surface area contributed by atoms with Crippen molar-refractivity contribution >= 4 is 5.96 Å². The molecule has 6 heteroatoms. The van der Waals surface area contributed by atoms with Gasteiger partial charge in [-0.25, -0.2) is 4.68 Å². The van der Waals surface area contributed by atoms with Gasteiger partial charge in [0.05, 0.1) is 11.4 Å². The molecule has 2 aromatic carbocycles. The average Bonchev–Trinajstić information content (AvgIpc) is 3.06. The van der Waals surface area contributed by atoms with Crippen molar-refractivity contribution in [2.45, 2.75) is 33.5 Å². The number of aryl methyl sites for hydroxylation is 2. The van der Waals surface area contributed by atoms with Crippen molar-refractivity contribution < 1.29 is 0 Å². The van der Waals surface area contributed by atoms with Crippen LogP contribution in [-0.2, 0) is 19.6 Å². The van der Waals surface area contributed by atoms with E-state index < -0.39 is 0 Å². The van der Waals surface area contributed by atoms with Crippen molar-refractivity contribution in [3.8, 4) is 5.69 Å². The van der Waals surface area contributed by atoms with Gasteiger partial charge in [-0.3, -0.25) is 4.99 Å². The van der Waals surface area contributed by atoms with Crippen LogP contribution in [-0.4, -0.2) is 41.8 Å². The SMILES string of the molecule is CN=C(NCc1cccc(CN(C)C)c1)NCc1ccccc1-n1nc(C)cc1C. The second-order valence-corrected chi connectivity index (χ2v) is 7.80. The number of rotatable bonds is 7. The van der Waals surface area contributed by atoms with E-state index in [1.165, 1.54) is 16.7 Å². The van der Waals surface area contributed by atoms with Crippen LogP contribution in [0.2, 0.25) is 0 Å². The number of aromatic nitrogens is 2. The molecule has 30 heavy (non-hydrogen) atoms. The van der Waals surface area contributed by atoms with Crippen LogP contribution in [0, 0.1) is 13.8 Å². The maximum Gasteiger partial charge on any atom is 0.191 e. The molecule has 0 aliphatic heterocycles. The van der Waals surface area contributed by atoms with E-state index in [1.54, 1.807) is 7.05 Å². The lowest BCUT2D eigenvalue weighted by Gasteiger charge is -2.16. The highest BCUT2D eigenvalue weighted by Gasteiger charge is 2.09. The van der Waals surface area contributed by atoms with Crippen molar-refractivity contribution in [1.82, 2.24) is 25.3 Å². The lowest BCUT2D eigenvalue weighted by Crippen LogP contribution is -2.36. The van der Waals surface area contributed by atoms with Gasteiger partial charge in [0.15, 0.2) is 5.96 Å². The summed E-state index contributed by atoms with van der Waals surface area (Å²) in [6.45, 7) is 6.41. The topological polar surface area (TPSA) is 57.5 Å². The van der Waals surface area contributed by atoms with E-state index in [0.717, 1.165) is 36.1 Å². The molecule has 3 rings (SSSR count). The molecule has 0 aliphatic rings. The van der Waals surface area contributed by atoms with Crippen LogP contribution in [0.1, 0.15) is 28.1 Å². The number of benzene rings is 2. The number of hydrogen-bond acceptors (Lipinski definition) is 3. The quantitative estimate of drug-likeness (QED) is 0.468. The average molecular weight is 405 g/mol. The van der Waals surface area contributed by atoms with Crippen molar-refractivity contribution in [3.05, 3.63) is 82.7 Å². The number of hydrogen-bond donors (Lipinski definition) is 2. The molecule has 0 aliphatic carbocycles. The van der Waals surface area contributed by atoms with Crippen molar-refractivity contribution in [1.29, 1.82) is 0 Å². The minimum absolute atomic E-state index is 0.662. The molecule has 0 saturated carbocycles. The number of aliphatic imine (C=N–C) groups is 1. The molecule has 0 amide bonds. The smallest absolute Gasteiger partial charge is 0.191 e. The third-order valence-corrected chi connectivity index (χ3v) is 4.85. The summed E-state index contributed by atoms with van der Waals surface area (Å²) in [6.07, 6.45) is 0. The Kier molecular flexibility index (Phi) is 7.25. The molecule has 6 nitrogen and oxygen atoms in total. The molecule has 0 unspecified atom stereocenters. The highest BCUT2D eigenvalue weighted by Crippen LogP contribution is 2.17. The Morgan fingerprint density at radius 1 is 0.967 bits per heavy atom. The van der Waals surface area contributed by atoms with Gasteiger partial charge in [-0.05, 0) is 56.8 Å². The molecule has 1 aromatic heterocycles. The van der Waals surface area contributed by atoms with Crippen LogP contribution >= 0.6 is 0 Å². The minimum atomic E-state index is 0.662. The largest absolute Gasteiger partial charge is 0.352 e. The Morgan fingerprint density at radius 2 is 1.70 bits per heavy atom. The number of guanidine groups is 1. The zero-order valence-corrected chi connectivity index (χ0v) is 18.6. The van der Waals surface area contributed by atoms with Crippen LogP contribution in [0.3, 0.4) is 0 Å². The molecule has 0 fully saturated rings. The molecule has 158 valence electrons. The van der Waals surface area contributed by atoms with Gasteiger partial charge >= 0.3 is 0 Å². The summed E-state index contributed by atoms with van der Waals surface area (Å²) >= 11 is 0. The second-order valence-electron chi connectivity index (χ2n) is 7.80. The number of nitrogens with zero attached hydrogens (tertiary/aromatic N) is 4. The zero-order chi connectivity index (χ0) is 21.5. The van der Waals surface area contributed by atoms with Crippen molar-refractivity contribution in [3.63, 3.8) is 0 Å². The van der Waals surface area contributed by atoms with Gasteiger partial charge in [-0.1, -0.05) is 42.5 Å². The molecule has 0 atom stereocenters. The first-order valence-electron chi connectivity index (χ1n) is 10.2. The Bertz CT molecular complexity index is 1000. The molecule has 0 bridgehead atoms. The molecule has 0 saturated heterocycles. The number of para-hydroxylation sites is 1. The maximum absolute atomic E-state index is 4.63. The second kappa shape index (κ2) is 10.1. The van der Waals surface area contributed by atoms with Crippen LogP contribution in [0.4, 0.5) is 0 Å². The van der Waals surface area contributed by atoms with E-state index in [9.17, 15) is 0 Å². The lowest BCUT2D eigenvalue weighted by molar-refractivity contribution is 0.402. The van der Waals surface area contributed by atoms with E-state index in [0.29, 0.717) is 6.54 Å². The summed E-state index contributed by atoms with van der Waals surface area (Å²) in [5, 5.41) is 11.5. The minimum Gasteiger partial charge on any atom is -0.352 e. The maximum atomic E-state index is 4.63. The Morgan fingerprint density at radius 3 is 2.40 bits per heavy atom. The van der Waals surface area contributed by atoms with E-state index in [-0.39, 0.29) is 0 Å². The van der Waals surface area contributed by atoms with Crippen LogP contribution in [0.25, 0.3) is 5.69 Å². The van der Waals surface area contributed by atoms with Gasteiger partial charge in [0.1, 0.15) is 0 Å². The molecule has 0 spiro atoms. The molecule has 0 radical (unpaired) electrons. The van der Waals surface area contributed by atoms with Crippen molar-refractivity contribution in [2.75, 3.05) is 21.1 Å². The van der Waals surface area contributed by atoms with E-state index in [1.807, 2.05) is 17.7 Å². The molecular weight excluding hydrogens is 372 g/mol. The highest BCUT2D eigenvalue weighted by molar-refractivity contribution is 5.79. The summed E-state index contributed by atoms with van der Waals surface area (Å²) in [7, 11) is 5.96. The number of nitrogens with one attached hydrogen (secondary N) is 2. The fourth-order valence-electron chi connectivity index (χ4n) is 3.53. The zero-order valence-electron chi connectivity index (χ0n) is 18.6. The Balaban J connectivity index is 1.64. The fourth-order valence-corrected chi connectivity index (χ4v) is 3.53. The van der Waals surface area contributed by atoms with Gasteiger partial charge in [-0.2, -0.15) is 5.10 Å². The van der Waals surface area contributed by atoms with E-state index >= 15 is 0 Å². The third kappa shape index (κ3) is 5.70. The summed E-state index contributed by atoms with van der Waals surface area (Å²) in [5.41, 5.74) is 6.94. The van der Waals surface area contributed by atoms with E-state index in [2.05, 4.69) is 95.2 Å². The molecule has 3 aromatic rings. The highest BCUT2D eigenvalue weighted by atomic mass is 15.3. The normalized spacial score (nSPS) is 11.7. The first-order chi connectivity index (χ1) is 14.5. The predicted molar refractivity (Wildman–Crippen MR) is 124 cm³/mol. The van der Waals surface area contributed by atoms with Gasteiger partial charge in [0.25, 0.3) is 0 Å². The molecular formula is C24H32N6. The van der Waals surface area contributed by atoms with Gasteiger partial charge in [0, 0.05) is 32.4 Å². The molecule has 1 heterocycles. The lowest BCUT2D eigenvalue weighted by atomic mass is 10.1. The van der Waals surface area contributed by atoms with Crippen LogP contribution in [0.15, 0.2) is 59.6 Å².